The summed E-state index contributed by atoms with van der Waals surface area (Å²) in [6.45, 7) is 3.17. The molecular weight excluding hydrogens is 164 g/mol. The van der Waals surface area contributed by atoms with Crippen LogP contribution in [0.2, 0.25) is 0 Å². The van der Waals surface area contributed by atoms with Gasteiger partial charge < -0.3 is 9.84 Å². The third-order valence-electron chi connectivity index (χ3n) is 2.49. The van der Waals surface area contributed by atoms with E-state index in [2.05, 4.69) is 13.0 Å². The molecule has 1 unspecified atom stereocenters. The van der Waals surface area contributed by atoms with E-state index < -0.39 is 0 Å². The highest BCUT2D eigenvalue weighted by Crippen LogP contribution is 2.33. The summed E-state index contributed by atoms with van der Waals surface area (Å²) in [5.41, 5.74) is 2.48. The van der Waals surface area contributed by atoms with E-state index >= 15 is 0 Å². The first-order valence-corrected chi connectivity index (χ1v) is 4.67. The normalized spacial score (nSPS) is 19.7. The summed E-state index contributed by atoms with van der Waals surface area (Å²) in [6.07, 6.45) is 0.736. The number of fused-ring (bicyclic) bond motifs is 1. The molecule has 70 valence electrons. The lowest BCUT2D eigenvalue weighted by molar-refractivity contribution is 0.299. The smallest absolute Gasteiger partial charge is 0.122 e. The first-order valence-electron chi connectivity index (χ1n) is 4.67. The summed E-state index contributed by atoms with van der Waals surface area (Å²) < 4.78 is 5.48. The van der Waals surface area contributed by atoms with Crippen molar-refractivity contribution in [3.8, 4) is 5.75 Å². The zero-order chi connectivity index (χ0) is 9.26. The molecule has 0 saturated heterocycles. The molecule has 2 heteroatoms. The van der Waals surface area contributed by atoms with E-state index in [0.29, 0.717) is 5.92 Å². The molecule has 1 heterocycles. The number of hydrogen-bond donors (Lipinski definition) is 1. The zero-order valence-electron chi connectivity index (χ0n) is 7.79. The number of hydrogen-bond acceptors (Lipinski definition) is 2. The van der Waals surface area contributed by atoms with Crippen LogP contribution in [0.3, 0.4) is 0 Å². The second-order valence-electron chi connectivity index (χ2n) is 3.56. The van der Waals surface area contributed by atoms with Gasteiger partial charge in [-0.1, -0.05) is 19.1 Å². The van der Waals surface area contributed by atoms with Crippen molar-refractivity contribution in [1.29, 1.82) is 0 Å². The van der Waals surface area contributed by atoms with E-state index in [-0.39, 0.29) is 6.61 Å². The summed E-state index contributed by atoms with van der Waals surface area (Å²) in [6, 6.07) is 6.17. The quantitative estimate of drug-likeness (QED) is 0.747. The average Bonchev–Trinajstić information content (AvgIpc) is 2.49. The monoisotopic (exact) mass is 178 g/mol. The van der Waals surface area contributed by atoms with Crippen LogP contribution in [0.15, 0.2) is 18.2 Å². The number of benzene rings is 1. The molecule has 1 N–H and O–H groups in total. The molecule has 0 fully saturated rings. The molecule has 0 radical (unpaired) electrons. The highest BCUT2D eigenvalue weighted by Gasteiger charge is 2.19. The Morgan fingerprint density at radius 1 is 1.54 bits per heavy atom. The lowest BCUT2D eigenvalue weighted by Gasteiger charge is -2.03. The Kier molecular flexibility index (Phi) is 2.23. The maximum atomic E-state index is 8.80. The standard InChI is InChI=1S/C11H14O2/c1-8-7-13-11-3-2-9(4-5-12)6-10(8)11/h2-3,6,8,12H,4-5,7H2,1H3. The number of aliphatic hydroxyl groups excluding tert-OH is 1. The molecule has 0 saturated carbocycles. The Hall–Kier alpha value is -1.02. The predicted octanol–water partition coefficient (Wildman–Crippen LogP) is 1.72. The van der Waals surface area contributed by atoms with Gasteiger partial charge in [0.2, 0.25) is 0 Å². The van der Waals surface area contributed by atoms with Gasteiger partial charge in [-0.05, 0) is 18.1 Å². The fourth-order valence-electron chi connectivity index (χ4n) is 1.70. The van der Waals surface area contributed by atoms with Crippen molar-refractivity contribution in [3.05, 3.63) is 29.3 Å². The minimum absolute atomic E-state index is 0.216. The van der Waals surface area contributed by atoms with Crippen molar-refractivity contribution in [1.82, 2.24) is 0 Å². The predicted molar refractivity (Wildman–Crippen MR) is 51.1 cm³/mol. The van der Waals surface area contributed by atoms with Gasteiger partial charge in [0.05, 0.1) is 6.61 Å². The average molecular weight is 178 g/mol. The van der Waals surface area contributed by atoms with Crippen LogP contribution >= 0.6 is 0 Å². The minimum atomic E-state index is 0.216. The van der Waals surface area contributed by atoms with E-state index in [1.54, 1.807) is 0 Å². The van der Waals surface area contributed by atoms with Gasteiger partial charge in [-0.2, -0.15) is 0 Å². The van der Waals surface area contributed by atoms with E-state index in [1.807, 2.05) is 12.1 Å². The van der Waals surface area contributed by atoms with E-state index in [0.717, 1.165) is 18.8 Å². The molecule has 1 aromatic rings. The van der Waals surface area contributed by atoms with Crippen LogP contribution in [0.1, 0.15) is 24.0 Å². The molecule has 1 aliphatic rings. The van der Waals surface area contributed by atoms with Gasteiger partial charge in [-0.25, -0.2) is 0 Å². The van der Waals surface area contributed by atoms with Gasteiger partial charge >= 0.3 is 0 Å². The zero-order valence-corrected chi connectivity index (χ0v) is 7.79. The lowest BCUT2D eigenvalue weighted by Crippen LogP contribution is -1.94. The van der Waals surface area contributed by atoms with Gasteiger partial charge in [-0.3, -0.25) is 0 Å². The number of rotatable bonds is 2. The second-order valence-corrected chi connectivity index (χ2v) is 3.56. The fraction of sp³-hybridized carbons (Fsp3) is 0.455. The third kappa shape index (κ3) is 1.54. The first kappa shape index (κ1) is 8.57. The number of aliphatic hydroxyl groups is 1. The molecule has 1 aliphatic heterocycles. The van der Waals surface area contributed by atoms with E-state index in [1.165, 1.54) is 11.1 Å². The van der Waals surface area contributed by atoms with Crippen LogP contribution in [0.5, 0.6) is 5.75 Å². The maximum absolute atomic E-state index is 8.80. The Morgan fingerprint density at radius 2 is 2.38 bits per heavy atom. The summed E-state index contributed by atoms with van der Waals surface area (Å²) in [7, 11) is 0. The third-order valence-corrected chi connectivity index (χ3v) is 2.49. The van der Waals surface area contributed by atoms with Crippen LogP contribution in [-0.2, 0) is 6.42 Å². The van der Waals surface area contributed by atoms with Crippen molar-refractivity contribution < 1.29 is 9.84 Å². The van der Waals surface area contributed by atoms with Gasteiger partial charge in [0.1, 0.15) is 5.75 Å². The molecule has 13 heavy (non-hydrogen) atoms. The molecule has 2 nitrogen and oxygen atoms in total. The molecular formula is C11H14O2. The Morgan fingerprint density at radius 3 is 3.15 bits per heavy atom. The van der Waals surface area contributed by atoms with Crippen molar-refractivity contribution in [2.75, 3.05) is 13.2 Å². The SMILES string of the molecule is CC1COc2ccc(CCO)cc21. The van der Waals surface area contributed by atoms with Crippen molar-refractivity contribution >= 4 is 0 Å². The second kappa shape index (κ2) is 3.38. The van der Waals surface area contributed by atoms with Crippen LogP contribution in [0.25, 0.3) is 0 Å². The molecule has 0 spiro atoms. The van der Waals surface area contributed by atoms with Crippen molar-refractivity contribution in [3.63, 3.8) is 0 Å². The first-order chi connectivity index (χ1) is 6.31. The van der Waals surface area contributed by atoms with Crippen molar-refractivity contribution in [2.24, 2.45) is 0 Å². The highest BCUT2D eigenvalue weighted by molar-refractivity contribution is 5.42. The summed E-state index contributed by atoms with van der Waals surface area (Å²) in [5, 5.41) is 8.80. The van der Waals surface area contributed by atoms with Crippen LogP contribution in [-0.4, -0.2) is 18.3 Å². The van der Waals surface area contributed by atoms with E-state index in [9.17, 15) is 0 Å². The lowest BCUT2D eigenvalue weighted by atomic mass is 10.00. The maximum Gasteiger partial charge on any atom is 0.122 e. The van der Waals surface area contributed by atoms with Gasteiger partial charge in [-0.15, -0.1) is 0 Å². The highest BCUT2D eigenvalue weighted by atomic mass is 16.5. The van der Waals surface area contributed by atoms with Gasteiger partial charge in [0, 0.05) is 18.1 Å². The van der Waals surface area contributed by atoms with Crippen LogP contribution < -0.4 is 4.74 Å². The van der Waals surface area contributed by atoms with Crippen LogP contribution in [0.4, 0.5) is 0 Å². The molecule has 0 amide bonds. The summed E-state index contributed by atoms with van der Waals surface area (Å²) in [5.74, 6) is 1.50. The summed E-state index contributed by atoms with van der Waals surface area (Å²) in [4.78, 5) is 0. The molecule has 0 bridgehead atoms. The molecule has 1 aromatic carbocycles. The summed E-state index contributed by atoms with van der Waals surface area (Å²) >= 11 is 0. The van der Waals surface area contributed by atoms with Gasteiger partial charge in [0.15, 0.2) is 0 Å². The van der Waals surface area contributed by atoms with Gasteiger partial charge in [0.25, 0.3) is 0 Å². The fourth-order valence-corrected chi connectivity index (χ4v) is 1.70. The molecule has 2 rings (SSSR count). The Bertz CT molecular complexity index is 307. The van der Waals surface area contributed by atoms with E-state index in [4.69, 9.17) is 9.84 Å². The topological polar surface area (TPSA) is 29.5 Å². The molecule has 0 aromatic heterocycles. The van der Waals surface area contributed by atoms with Crippen molar-refractivity contribution in [2.45, 2.75) is 19.3 Å². The Balaban J connectivity index is 2.31. The Labute approximate surface area is 78.2 Å². The molecule has 1 atom stereocenters. The molecule has 0 aliphatic carbocycles. The minimum Gasteiger partial charge on any atom is -0.493 e. The largest absolute Gasteiger partial charge is 0.493 e. The number of ether oxygens (including phenoxy) is 1. The van der Waals surface area contributed by atoms with Crippen LogP contribution in [0, 0.1) is 0 Å².